The number of nitrogens with two attached hydrogens (primary N) is 1. The number of anilines is 1. The van der Waals surface area contributed by atoms with Gasteiger partial charge >= 0.3 is 0 Å². The highest BCUT2D eigenvalue weighted by Gasteiger charge is 2.03. The third-order valence-electron chi connectivity index (χ3n) is 2.96. The molecule has 112 valence electrons. The smallest absolute Gasteiger partial charge is 0.210 e. The summed E-state index contributed by atoms with van der Waals surface area (Å²) >= 11 is 0. The number of guanidine groups is 1. The molecule has 21 heavy (non-hydrogen) atoms. The number of nitrogens with one attached hydrogen (secondary N) is 2. The minimum atomic E-state index is 0.530. The number of pyridine rings is 1. The van der Waals surface area contributed by atoms with E-state index < -0.39 is 0 Å². The third-order valence-corrected chi connectivity index (χ3v) is 2.96. The molecule has 0 atom stereocenters. The fourth-order valence-electron chi connectivity index (χ4n) is 1.96. The number of aliphatic imine (C=N–C) groups is 1. The van der Waals surface area contributed by atoms with Gasteiger partial charge in [-0.15, -0.1) is 0 Å². The molecule has 4 N–H and O–H groups in total. The molecule has 1 heterocycles. The Morgan fingerprint density at radius 1 is 1.33 bits per heavy atom. The largest absolute Gasteiger partial charge is 0.382 e. The molecular weight excluding hydrogens is 266 g/mol. The van der Waals surface area contributed by atoms with Crippen LogP contribution in [0, 0.1) is 0 Å². The van der Waals surface area contributed by atoms with Gasteiger partial charge in [0.1, 0.15) is 0 Å². The number of hydrogen-bond donors (Lipinski definition) is 3. The maximum absolute atomic E-state index is 5.52. The topological polar surface area (TPSA) is 84.6 Å². The van der Waals surface area contributed by atoms with Crippen LogP contribution in [0.15, 0.2) is 41.5 Å². The van der Waals surface area contributed by atoms with Gasteiger partial charge in [0.15, 0.2) is 0 Å². The van der Waals surface area contributed by atoms with Crippen molar-refractivity contribution in [1.29, 1.82) is 0 Å². The first kappa shape index (κ1) is 15.2. The Morgan fingerprint density at radius 3 is 3.05 bits per heavy atom. The highest BCUT2D eigenvalue weighted by Crippen LogP contribution is 2.20. The molecule has 1 aromatic heterocycles. The molecule has 2 aromatic rings. The van der Waals surface area contributed by atoms with Gasteiger partial charge in [0, 0.05) is 31.3 Å². The molecule has 0 radical (unpaired) electrons. The highest BCUT2D eigenvalue weighted by atomic mass is 16.5. The summed E-state index contributed by atoms with van der Waals surface area (Å²) in [6.45, 7) is 4.06. The van der Waals surface area contributed by atoms with Crippen LogP contribution in [0.5, 0.6) is 0 Å². The Balaban J connectivity index is 2.04. The van der Waals surface area contributed by atoms with Crippen molar-refractivity contribution in [3.05, 3.63) is 36.5 Å². The molecule has 0 amide bonds. The highest BCUT2D eigenvalue weighted by molar-refractivity contribution is 6.02. The van der Waals surface area contributed by atoms with Crippen molar-refractivity contribution in [2.45, 2.75) is 13.3 Å². The van der Waals surface area contributed by atoms with E-state index in [2.05, 4.69) is 20.7 Å². The van der Waals surface area contributed by atoms with Crippen molar-refractivity contribution in [2.75, 3.05) is 25.1 Å². The normalized spacial score (nSPS) is 11.6. The van der Waals surface area contributed by atoms with E-state index in [9.17, 15) is 0 Å². The van der Waals surface area contributed by atoms with Crippen molar-refractivity contribution < 1.29 is 4.74 Å². The number of hydrazine groups is 1. The summed E-state index contributed by atoms with van der Waals surface area (Å²) in [4.78, 5) is 8.71. The lowest BCUT2D eigenvalue weighted by atomic mass is 10.2. The second-order valence-electron chi connectivity index (χ2n) is 4.43. The van der Waals surface area contributed by atoms with Gasteiger partial charge in [-0.3, -0.25) is 15.4 Å². The monoisotopic (exact) mass is 287 g/mol. The molecule has 0 saturated carbocycles. The summed E-state index contributed by atoms with van der Waals surface area (Å²) in [6.07, 6.45) is 2.63. The van der Waals surface area contributed by atoms with Crippen LogP contribution >= 0.6 is 0 Å². The molecular formula is C15H21N5O. The number of hydrogen-bond acceptors (Lipinski definition) is 4. The minimum absolute atomic E-state index is 0.530. The molecule has 6 nitrogen and oxygen atoms in total. The molecule has 0 unspecified atom stereocenters. The fourth-order valence-corrected chi connectivity index (χ4v) is 1.96. The van der Waals surface area contributed by atoms with E-state index in [1.165, 1.54) is 0 Å². The number of nitrogens with zero attached hydrogens (tertiary/aromatic N) is 2. The summed E-state index contributed by atoms with van der Waals surface area (Å²) in [7, 11) is 0. The van der Waals surface area contributed by atoms with Crippen molar-refractivity contribution in [3.8, 4) is 0 Å². The first-order valence-electron chi connectivity index (χ1n) is 7.04. The van der Waals surface area contributed by atoms with Crippen molar-refractivity contribution in [2.24, 2.45) is 10.8 Å². The summed E-state index contributed by atoms with van der Waals surface area (Å²) in [5.41, 5.74) is 4.43. The summed E-state index contributed by atoms with van der Waals surface area (Å²) < 4.78 is 5.28. The first-order chi connectivity index (χ1) is 10.3. The van der Waals surface area contributed by atoms with Crippen molar-refractivity contribution in [1.82, 2.24) is 10.4 Å². The van der Waals surface area contributed by atoms with E-state index in [1.54, 1.807) is 6.20 Å². The van der Waals surface area contributed by atoms with Crippen LogP contribution < -0.4 is 16.6 Å². The van der Waals surface area contributed by atoms with Crippen LogP contribution in [-0.4, -0.2) is 30.7 Å². The predicted molar refractivity (Wildman–Crippen MR) is 86.1 cm³/mol. The SMILES string of the molecule is CCOCCCN=C(NN)Nc1cccc2ncccc12. The zero-order chi connectivity index (χ0) is 14.9. The maximum Gasteiger partial charge on any atom is 0.210 e. The summed E-state index contributed by atoms with van der Waals surface area (Å²) in [5.74, 6) is 6.05. The van der Waals surface area contributed by atoms with Crippen LogP contribution in [0.4, 0.5) is 5.69 Å². The molecule has 6 heteroatoms. The second-order valence-corrected chi connectivity index (χ2v) is 4.43. The quantitative estimate of drug-likeness (QED) is 0.248. The molecule has 2 rings (SSSR count). The van der Waals surface area contributed by atoms with Gasteiger partial charge in [-0.2, -0.15) is 0 Å². The zero-order valence-electron chi connectivity index (χ0n) is 12.2. The molecule has 0 aliphatic heterocycles. The third kappa shape index (κ3) is 4.40. The van der Waals surface area contributed by atoms with Gasteiger partial charge in [-0.25, -0.2) is 5.84 Å². The Morgan fingerprint density at radius 2 is 2.24 bits per heavy atom. The maximum atomic E-state index is 5.52. The van der Waals surface area contributed by atoms with Gasteiger partial charge in [0.05, 0.1) is 11.2 Å². The van der Waals surface area contributed by atoms with Gasteiger partial charge in [0.2, 0.25) is 5.96 Å². The number of aromatic nitrogens is 1. The van der Waals surface area contributed by atoms with E-state index in [0.717, 1.165) is 29.6 Å². The van der Waals surface area contributed by atoms with Crippen LogP contribution in [0.1, 0.15) is 13.3 Å². The molecule has 0 aliphatic rings. The average Bonchev–Trinajstić information content (AvgIpc) is 2.53. The Kier molecular flexibility index (Phi) is 5.93. The number of ether oxygens (including phenoxy) is 1. The van der Waals surface area contributed by atoms with Crippen molar-refractivity contribution >= 4 is 22.5 Å². The lowest BCUT2D eigenvalue weighted by molar-refractivity contribution is 0.146. The Hall–Kier alpha value is -2.18. The van der Waals surface area contributed by atoms with E-state index in [1.807, 2.05) is 37.3 Å². The lowest BCUT2D eigenvalue weighted by Crippen LogP contribution is -2.36. The fraction of sp³-hybridized carbons (Fsp3) is 0.333. The first-order valence-corrected chi connectivity index (χ1v) is 7.04. The lowest BCUT2D eigenvalue weighted by Gasteiger charge is -2.11. The molecule has 0 aliphatic carbocycles. The zero-order valence-corrected chi connectivity index (χ0v) is 12.2. The standard InChI is InChI=1S/C15H21N5O/c1-2-21-11-5-10-18-15(20-16)19-14-8-3-7-13-12(14)6-4-9-17-13/h3-4,6-9H,2,5,10-11,16H2,1H3,(H2,18,19,20). The average molecular weight is 287 g/mol. The molecule has 0 spiro atoms. The second kappa shape index (κ2) is 8.18. The van der Waals surface area contributed by atoms with E-state index >= 15 is 0 Å². The predicted octanol–water partition coefficient (Wildman–Crippen LogP) is 1.89. The Labute approximate surface area is 124 Å². The summed E-state index contributed by atoms with van der Waals surface area (Å²) in [5, 5.41) is 4.22. The molecule has 0 bridgehead atoms. The van der Waals surface area contributed by atoms with Gasteiger partial charge in [-0.05, 0) is 37.6 Å². The van der Waals surface area contributed by atoms with Crippen LogP contribution in [0.25, 0.3) is 10.9 Å². The molecule has 0 saturated heterocycles. The number of rotatable bonds is 6. The number of benzene rings is 1. The van der Waals surface area contributed by atoms with E-state index in [-0.39, 0.29) is 0 Å². The molecule has 1 aromatic carbocycles. The summed E-state index contributed by atoms with van der Waals surface area (Å²) in [6, 6.07) is 9.80. The van der Waals surface area contributed by atoms with E-state index in [4.69, 9.17) is 10.6 Å². The van der Waals surface area contributed by atoms with Gasteiger partial charge < -0.3 is 10.1 Å². The van der Waals surface area contributed by atoms with Crippen LogP contribution in [0.2, 0.25) is 0 Å². The van der Waals surface area contributed by atoms with Crippen molar-refractivity contribution in [3.63, 3.8) is 0 Å². The minimum Gasteiger partial charge on any atom is -0.382 e. The van der Waals surface area contributed by atoms with Crippen LogP contribution in [-0.2, 0) is 4.74 Å². The van der Waals surface area contributed by atoms with Gasteiger partial charge in [-0.1, -0.05) is 6.07 Å². The van der Waals surface area contributed by atoms with E-state index in [0.29, 0.717) is 19.1 Å². The number of fused-ring (bicyclic) bond motifs is 1. The van der Waals surface area contributed by atoms with Crippen LogP contribution in [0.3, 0.4) is 0 Å². The molecule has 0 fully saturated rings. The van der Waals surface area contributed by atoms with Gasteiger partial charge in [0.25, 0.3) is 0 Å². The Bertz CT molecular complexity index is 594.